The molecule has 2 rings (SSSR count). The number of aryl methyl sites for hydroxylation is 1. The predicted molar refractivity (Wildman–Crippen MR) is 88.5 cm³/mol. The molecule has 1 unspecified atom stereocenters. The molecule has 0 N–H and O–H groups in total. The number of sulfonamides is 1. The lowest BCUT2D eigenvalue weighted by atomic mass is 10.1. The van der Waals surface area contributed by atoms with Gasteiger partial charge in [-0.15, -0.1) is 0 Å². The van der Waals surface area contributed by atoms with Crippen LogP contribution in [0.4, 0.5) is 8.78 Å². The summed E-state index contributed by atoms with van der Waals surface area (Å²) in [5.74, 6) is 0. The Morgan fingerprint density at radius 3 is 2.48 bits per heavy atom. The van der Waals surface area contributed by atoms with Crippen molar-refractivity contribution >= 4 is 10.0 Å². The van der Waals surface area contributed by atoms with Crippen LogP contribution in [0.3, 0.4) is 0 Å². The number of pyridine rings is 1. The van der Waals surface area contributed by atoms with E-state index < -0.39 is 22.5 Å². The normalized spacial score (nSPS) is 13.0. The van der Waals surface area contributed by atoms with E-state index in [0.29, 0.717) is 10.7 Å². The number of nitriles is 1. The SMILES string of the molecule is CN(C(CCc1ccccc1)C(F)F)S(=O)(=O)c1cccnc1C#N. The van der Waals surface area contributed by atoms with Gasteiger partial charge in [0, 0.05) is 13.2 Å². The molecule has 2 aromatic rings. The number of rotatable bonds is 7. The highest BCUT2D eigenvalue weighted by Crippen LogP contribution is 2.24. The third kappa shape index (κ3) is 4.38. The minimum absolute atomic E-state index is 0.0421. The van der Waals surface area contributed by atoms with Crippen LogP contribution in [0.25, 0.3) is 0 Å². The topological polar surface area (TPSA) is 74.1 Å². The number of hydrogen-bond donors (Lipinski definition) is 0. The van der Waals surface area contributed by atoms with Gasteiger partial charge in [-0.2, -0.15) is 9.57 Å². The van der Waals surface area contributed by atoms with Crippen molar-refractivity contribution in [3.8, 4) is 6.07 Å². The first-order valence-corrected chi connectivity index (χ1v) is 8.97. The summed E-state index contributed by atoms with van der Waals surface area (Å²) in [5, 5.41) is 9.02. The van der Waals surface area contributed by atoms with Crippen molar-refractivity contribution < 1.29 is 17.2 Å². The summed E-state index contributed by atoms with van der Waals surface area (Å²) in [7, 11) is -3.16. The molecule has 0 saturated heterocycles. The van der Waals surface area contributed by atoms with Crippen molar-refractivity contribution in [1.82, 2.24) is 9.29 Å². The van der Waals surface area contributed by atoms with Crippen LogP contribution in [-0.2, 0) is 16.4 Å². The predicted octanol–water partition coefficient (Wildman–Crippen LogP) is 2.84. The number of halogens is 2. The molecule has 0 amide bonds. The van der Waals surface area contributed by atoms with E-state index in [0.717, 1.165) is 12.6 Å². The minimum Gasteiger partial charge on any atom is -0.244 e. The smallest absolute Gasteiger partial charge is 0.244 e. The number of aromatic nitrogens is 1. The second kappa shape index (κ2) is 8.14. The molecular weight excluding hydrogens is 348 g/mol. The Bertz CT molecular complexity index is 852. The number of nitrogens with zero attached hydrogens (tertiary/aromatic N) is 3. The second-order valence-corrected chi connectivity index (χ2v) is 7.38. The van der Waals surface area contributed by atoms with Crippen molar-refractivity contribution in [3.05, 3.63) is 59.9 Å². The van der Waals surface area contributed by atoms with Gasteiger partial charge in [-0.1, -0.05) is 30.3 Å². The first-order chi connectivity index (χ1) is 11.9. The standard InChI is InChI=1S/C17H17F2N3O2S/c1-22(25(23,24)16-8-5-11-21-14(16)12-20)15(17(18)19)10-9-13-6-3-2-4-7-13/h2-8,11,15,17H,9-10H2,1H3. The van der Waals surface area contributed by atoms with Gasteiger partial charge in [-0.25, -0.2) is 22.2 Å². The molecule has 1 heterocycles. The van der Waals surface area contributed by atoms with Gasteiger partial charge < -0.3 is 0 Å². The average molecular weight is 365 g/mol. The Balaban J connectivity index is 2.27. The van der Waals surface area contributed by atoms with Crippen molar-refractivity contribution in [2.24, 2.45) is 0 Å². The molecule has 0 aliphatic rings. The van der Waals surface area contributed by atoms with Gasteiger partial charge in [0.15, 0.2) is 5.69 Å². The fourth-order valence-corrected chi connectivity index (χ4v) is 3.90. The molecule has 1 aromatic carbocycles. The zero-order valence-corrected chi connectivity index (χ0v) is 14.3. The average Bonchev–Trinajstić information content (AvgIpc) is 2.62. The summed E-state index contributed by atoms with van der Waals surface area (Å²) in [6.45, 7) is 0. The fraction of sp³-hybridized carbons (Fsp3) is 0.294. The largest absolute Gasteiger partial charge is 0.255 e. The van der Waals surface area contributed by atoms with E-state index >= 15 is 0 Å². The highest BCUT2D eigenvalue weighted by Gasteiger charge is 2.35. The van der Waals surface area contributed by atoms with E-state index in [1.165, 1.54) is 18.3 Å². The first kappa shape index (κ1) is 19.0. The Hall–Kier alpha value is -2.37. The Morgan fingerprint density at radius 1 is 1.20 bits per heavy atom. The number of alkyl halides is 2. The Labute approximate surface area is 145 Å². The Morgan fingerprint density at radius 2 is 1.88 bits per heavy atom. The third-order valence-corrected chi connectivity index (χ3v) is 5.78. The van der Waals surface area contributed by atoms with Crippen molar-refractivity contribution in [2.45, 2.75) is 30.2 Å². The molecule has 0 saturated carbocycles. The summed E-state index contributed by atoms with van der Waals surface area (Å²) in [4.78, 5) is 3.32. The fourth-order valence-electron chi connectivity index (χ4n) is 2.44. The summed E-state index contributed by atoms with van der Waals surface area (Å²) >= 11 is 0. The van der Waals surface area contributed by atoms with Crippen LogP contribution in [0.2, 0.25) is 0 Å². The van der Waals surface area contributed by atoms with Crippen molar-refractivity contribution in [2.75, 3.05) is 7.05 Å². The van der Waals surface area contributed by atoms with Gasteiger partial charge in [0.25, 0.3) is 6.43 Å². The summed E-state index contributed by atoms with van der Waals surface area (Å²) in [5.41, 5.74) is 0.531. The number of benzene rings is 1. The van der Waals surface area contributed by atoms with E-state index in [4.69, 9.17) is 5.26 Å². The zero-order chi connectivity index (χ0) is 18.4. The van der Waals surface area contributed by atoms with Crippen LogP contribution >= 0.6 is 0 Å². The van der Waals surface area contributed by atoms with E-state index in [-0.39, 0.29) is 17.0 Å². The van der Waals surface area contributed by atoms with Crippen LogP contribution in [0.5, 0.6) is 0 Å². The molecule has 1 atom stereocenters. The monoisotopic (exact) mass is 365 g/mol. The van der Waals surface area contributed by atoms with E-state index in [2.05, 4.69) is 4.98 Å². The first-order valence-electron chi connectivity index (χ1n) is 7.53. The van der Waals surface area contributed by atoms with Gasteiger partial charge in [0.05, 0.1) is 6.04 Å². The molecular formula is C17H17F2N3O2S. The highest BCUT2D eigenvalue weighted by atomic mass is 32.2. The van der Waals surface area contributed by atoms with E-state index in [1.807, 2.05) is 6.07 Å². The molecule has 0 fully saturated rings. The van der Waals surface area contributed by atoms with Crippen LogP contribution in [0.1, 0.15) is 17.7 Å². The summed E-state index contributed by atoms with van der Waals surface area (Å²) < 4.78 is 53.0. The van der Waals surface area contributed by atoms with Crippen LogP contribution in [0, 0.1) is 11.3 Å². The highest BCUT2D eigenvalue weighted by molar-refractivity contribution is 7.89. The van der Waals surface area contributed by atoms with E-state index in [9.17, 15) is 17.2 Å². The molecule has 0 aliphatic heterocycles. The third-order valence-electron chi connectivity index (χ3n) is 3.86. The van der Waals surface area contributed by atoms with Gasteiger partial charge in [0.1, 0.15) is 11.0 Å². The lowest BCUT2D eigenvalue weighted by molar-refractivity contribution is 0.0658. The number of hydrogen-bond acceptors (Lipinski definition) is 4. The van der Waals surface area contributed by atoms with Crippen LogP contribution in [0.15, 0.2) is 53.6 Å². The quantitative estimate of drug-likeness (QED) is 0.756. The summed E-state index contributed by atoms with van der Waals surface area (Å²) in [6, 6.07) is 11.7. The van der Waals surface area contributed by atoms with Crippen LogP contribution in [-0.4, -0.2) is 37.2 Å². The van der Waals surface area contributed by atoms with Gasteiger partial charge in [0.2, 0.25) is 10.0 Å². The molecule has 0 bridgehead atoms. The molecule has 132 valence electrons. The van der Waals surface area contributed by atoms with Gasteiger partial charge in [-0.05, 0) is 30.5 Å². The molecule has 0 spiro atoms. The molecule has 0 aliphatic carbocycles. The molecule has 0 radical (unpaired) electrons. The molecule has 1 aromatic heterocycles. The summed E-state index contributed by atoms with van der Waals surface area (Å²) in [6.07, 6.45) is -1.31. The zero-order valence-electron chi connectivity index (χ0n) is 13.5. The maximum atomic E-state index is 13.5. The Kier molecular flexibility index (Phi) is 6.17. The maximum absolute atomic E-state index is 13.5. The lowest BCUT2D eigenvalue weighted by Crippen LogP contribution is -2.42. The molecule has 5 nitrogen and oxygen atoms in total. The van der Waals surface area contributed by atoms with Gasteiger partial charge in [-0.3, -0.25) is 0 Å². The van der Waals surface area contributed by atoms with Gasteiger partial charge >= 0.3 is 0 Å². The molecule has 8 heteroatoms. The molecule has 25 heavy (non-hydrogen) atoms. The van der Waals surface area contributed by atoms with Crippen molar-refractivity contribution in [1.29, 1.82) is 5.26 Å². The lowest BCUT2D eigenvalue weighted by Gasteiger charge is -2.27. The van der Waals surface area contributed by atoms with E-state index in [1.54, 1.807) is 30.3 Å². The maximum Gasteiger partial charge on any atom is 0.255 e. The second-order valence-electron chi connectivity index (χ2n) is 5.41. The van der Waals surface area contributed by atoms with Crippen LogP contribution < -0.4 is 0 Å². The minimum atomic E-state index is -4.26. The van der Waals surface area contributed by atoms with Crippen molar-refractivity contribution in [3.63, 3.8) is 0 Å².